The fourth-order valence-corrected chi connectivity index (χ4v) is 3.13. The maximum Gasteiger partial charge on any atom is 0.0672 e. The average molecular weight is 235 g/mol. The van der Waals surface area contributed by atoms with Gasteiger partial charge in [-0.15, -0.1) is 0 Å². The van der Waals surface area contributed by atoms with Crippen LogP contribution in [0.15, 0.2) is 18.2 Å². The molecule has 16 heavy (non-hydrogen) atoms. The molecule has 1 heterocycles. The highest BCUT2D eigenvalue weighted by Gasteiger charge is 2.22. The Morgan fingerprint density at radius 3 is 3.06 bits per heavy atom. The van der Waals surface area contributed by atoms with Gasteiger partial charge in [-0.25, -0.2) is 0 Å². The predicted octanol–water partition coefficient (Wildman–Crippen LogP) is 2.65. The Morgan fingerprint density at radius 1 is 1.44 bits per heavy atom. The summed E-state index contributed by atoms with van der Waals surface area (Å²) in [6, 6.07) is 6.43. The third-order valence-corrected chi connectivity index (χ3v) is 3.92. The van der Waals surface area contributed by atoms with E-state index in [1.807, 2.05) is 12.1 Å². The normalized spacial score (nSPS) is 20.1. The predicted molar refractivity (Wildman–Crippen MR) is 67.9 cm³/mol. The zero-order valence-electron chi connectivity index (χ0n) is 9.33. The van der Waals surface area contributed by atoms with Crippen molar-refractivity contribution >= 4 is 22.5 Å². The van der Waals surface area contributed by atoms with Crippen LogP contribution in [0.25, 0.3) is 10.9 Å². The number of nitrogens with zero attached hydrogens (tertiary/aromatic N) is 1. The fraction of sp³-hybridized carbons (Fsp3) is 0.385. The summed E-state index contributed by atoms with van der Waals surface area (Å²) >= 11 is 6.27. The first kappa shape index (κ1) is 10.2. The highest BCUT2D eigenvalue weighted by atomic mass is 35.5. The SMILES string of the molecule is Cn1c2c(c3cccc(Cl)c31)CC(N)CC2. The molecule has 1 atom stereocenters. The first-order chi connectivity index (χ1) is 7.68. The second-order valence-electron chi connectivity index (χ2n) is 4.62. The highest BCUT2D eigenvalue weighted by Crippen LogP contribution is 2.34. The van der Waals surface area contributed by atoms with Gasteiger partial charge in [0.15, 0.2) is 0 Å². The summed E-state index contributed by atoms with van der Waals surface area (Å²) in [5, 5.41) is 2.11. The lowest BCUT2D eigenvalue weighted by atomic mass is 9.92. The van der Waals surface area contributed by atoms with E-state index in [4.69, 9.17) is 17.3 Å². The lowest BCUT2D eigenvalue weighted by molar-refractivity contribution is 0.562. The van der Waals surface area contributed by atoms with Crippen molar-refractivity contribution < 1.29 is 0 Å². The lowest BCUT2D eigenvalue weighted by Crippen LogP contribution is -2.28. The second kappa shape index (κ2) is 3.51. The van der Waals surface area contributed by atoms with Gasteiger partial charge < -0.3 is 10.3 Å². The molecule has 1 aromatic carbocycles. The first-order valence-corrected chi connectivity index (χ1v) is 6.06. The Balaban J connectivity index is 2.36. The molecule has 0 amide bonds. The largest absolute Gasteiger partial charge is 0.346 e. The van der Waals surface area contributed by atoms with E-state index in [9.17, 15) is 0 Å². The molecule has 1 aliphatic carbocycles. The average Bonchev–Trinajstić information content (AvgIpc) is 2.54. The molecule has 0 fully saturated rings. The van der Waals surface area contributed by atoms with Gasteiger partial charge in [0.05, 0.1) is 10.5 Å². The second-order valence-corrected chi connectivity index (χ2v) is 5.03. The standard InChI is InChI=1S/C13H15ClN2/c1-16-12-6-5-8(15)7-10(12)9-3-2-4-11(14)13(9)16/h2-4,8H,5-7,15H2,1H3. The lowest BCUT2D eigenvalue weighted by Gasteiger charge is -2.19. The van der Waals surface area contributed by atoms with Gasteiger partial charge in [0.1, 0.15) is 0 Å². The Kier molecular flexibility index (Phi) is 2.23. The van der Waals surface area contributed by atoms with Crippen molar-refractivity contribution in [2.75, 3.05) is 0 Å². The van der Waals surface area contributed by atoms with Crippen molar-refractivity contribution in [3.05, 3.63) is 34.5 Å². The summed E-state index contributed by atoms with van der Waals surface area (Å²) in [5.41, 5.74) is 10.0. The molecule has 0 saturated heterocycles. The molecule has 0 bridgehead atoms. The van der Waals surface area contributed by atoms with Crippen molar-refractivity contribution in [2.45, 2.75) is 25.3 Å². The molecule has 84 valence electrons. The molecule has 1 aliphatic rings. The summed E-state index contributed by atoms with van der Waals surface area (Å²) in [6.45, 7) is 0. The van der Waals surface area contributed by atoms with Crippen molar-refractivity contribution in [3.8, 4) is 0 Å². The van der Waals surface area contributed by atoms with Crippen LogP contribution in [0, 0.1) is 0 Å². The van der Waals surface area contributed by atoms with Crippen molar-refractivity contribution in [1.29, 1.82) is 0 Å². The Bertz CT molecular complexity index is 557. The minimum absolute atomic E-state index is 0.303. The number of fused-ring (bicyclic) bond motifs is 3. The summed E-state index contributed by atoms with van der Waals surface area (Å²) in [5.74, 6) is 0. The first-order valence-electron chi connectivity index (χ1n) is 5.68. The highest BCUT2D eigenvalue weighted by molar-refractivity contribution is 6.35. The zero-order valence-corrected chi connectivity index (χ0v) is 10.1. The van der Waals surface area contributed by atoms with Crippen LogP contribution in [0.3, 0.4) is 0 Å². The molecule has 0 saturated carbocycles. The summed E-state index contributed by atoms with van der Waals surface area (Å²) in [4.78, 5) is 0. The minimum Gasteiger partial charge on any atom is -0.346 e. The Hall–Kier alpha value is -0.990. The van der Waals surface area contributed by atoms with E-state index in [0.717, 1.165) is 29.8 Å². The molecule has 1 aromatic heterocycles. The van der Waals surface area contributed by atoms with Gasteiger partial charge >= 0.3 is 0 Å². The van der Waals surface area contributed by atoms with Crippen LogP contribution >= 0.6 is 11.6 Å². The van der Waals surface area contributed by atoms with Gasteiger partial charge in [-0.05, 0) is 30.9 Å². The minimum atomic E-state index is 0.303. The molecule has 3 heteroatoms. The summed E-state index contributed by atoms with van der Waals surface area (Å²) in [6.07, 6.45) is 3.12. The quantitative estimate of drug-likeness (QED) is 0.747. The van der Waals surface area contributed by atoms with Gasteiger partial charge in [0, 0.05) is 24.2 Å². The third kappa shape index (κ3) is 1.30. The van der Waals surface area contributed by atoms with Crippen molar-refractivity contribution in [1.82, 2.24) is 4.57 Å². The van der Waals surface area contributed by atoms with Gasteiger partial charge in [-0.3, -0.25) is 0 Å². The van der Waals surface area contributed by atoms with Crippen LogP contribution in [0.2, 0.25) is 5.02 Å². The van der Waals surface area contributed by atoms with E-state index in [1.54, 1.807) is 0 Å². The fourth-order valence-electron chi connectivity index (χ4n) is 2.83. The molecule has 0 radical (unpaired) electrons. The number of halogens is 1. The van der Waals surface area contributed by atoms with Crippen LogP contribution in [-0.2, 0) is 19.9 Å². The number of aryl methyl sites for hydroxylation is 1. The van der Waals surface area contributed by atoms with Crippen LogP contribution in [0.4, 0.5) is 0 Å². The molecule has 3 rings (SSSR count). The number of hydrogen-bond acceptors (Lipinski definition) is 1. The summed E-state index contributed by atoms with van der Waals surface area (Å²) < 4.78 is 2.24. The monoisotopic (exact) mass is 234 g/mol. The zero-order chi connectivity index (χ0) is 11.3. The van der Waals surface area contributed by atoms with Gasteiger partial charge in [-0.2, -0.15) is 0 Å². The van der Waals surface area contributed by atoms with Gasteiger partial charge in [0.25, 0.3) is 0 Å². The molecule has 0 spiro atoms. The van der Waals surface area contributed by atoms with E-state index in [-0.39, 0.29) is 0 Å². The molecular formula is C13H15ClN2. The Morgan fingerprint density at radius 2 is 2.25 bits per heavy atom. The molecule has 1 unspecified atom stereocenters. The van der Waals surface area contributed by atoms with Crippen LogP contribution in [0.1, 0.15) is 17.7 Å². The van der Waals surface area contributed by atoms with E-state index >= 15 is 0 Å². The third-order valence-electron chi connectivity index (χ3n) is 3.62. The summed E-state index contributed by atoms with van der Waals surface area (Å²) in [7, 11) is 2.10. The van der Waals surface area contributed by atoms with E-state index < -0.39 is 0 Å². The van der Waals surface area contributed by atoms with Crippen molar-refractivity contribution in [3.63, 3.8) is 0 Å². The molecular weight excluding hydrogens is 220 g/mol. The van der Waals surface area contributed by atoms with Gasteiger partial charge in [0.2, 0.25) is 0 Å². The molecule has 2 aromatic rings. The molecule has 2 nitrogen and oxygen atoms in total. The van der Waals surface area contributed by atoms with Crippen LogP contribution in [-0.4, -0.2) is 10.6 Å². The maximum atomic E-state index is 6.27. The number of benzene rings is 1. The van der Waals surface area contributed by atoms with Gasteiger partial charge in [-0.1, -0.05) is 23.7 Å². The number of hydrogen-bond donors (Lipinski definition) is 1. The smallest absolute Gasteiger partial charge is 0.0672 e. The topological polar surface area (TPSA) is 30.9 Å². The van der Waals surface area contributed by atoms with Crippen LogP contribution in [0.5, 0.6) is 0 Å². The number of rotatable bonds is 0. The number of aromatic nitrogens is 1. The maximum absolute atomic E-state index is 6.27. The van der Waals surface area contributed by atoms with E-state index in [2.05, 4.69) is 17.7 Å². The Labute approximate surface area is 100.0 Å². The van der Waals surface area contributed by atoms with E-state index in [1.165, 1.54) is 16.6 Å². The molecule has 2 N–H and O–H groups in total. The van der Waals surface area contributed by atoms with Crippen LogP contribution < -0.4 is 5.73 Å². The number of para-hydroxylation sites is 1. The van der Waals surface area contributed by atoms with Crippen molar-refractivity contribution in [2.24, 2.45) is 12.8 Å². The van der Waals surface area contributed by atoms with E-state index in [0.29, 0.717) is 6.04 Å². The number of nitrogens with two attached hydrogens (primary N) is 1. The molecule has 0 aliphatic heterocycles.